The van der Waals surface area contributed by atoms with Gasteiger partial charge in [-0.3, -0.25) is 9.89 Å². The average molecular weight is 324 g/mol. The van der Waals surface area contributed by atoms with Gasteiger partial charge in [-0.25, -0.2) is 4.98 Å². The third-order valence-corrected chi connectivity index (χ3v) is 4.70. The molecule has 0 aliphatic heterocycles. The van der Waals surface area contributed by atoms with E-state index in [1.165, 1.54) is 5.57 Å². The van der Waals surface area contributed by atoms with Gasteiger partial charge < -0.3 is 5.32 Å². The largest absolute Gasteiger partial charge is 0.349 e. The van der Waals surface area contributed by atoms with Crippen molar-refractivity contribution in [1.29, 1.82) is 0 Å². The zero-order valence-electron chi connectivity index (χ0n) is 14.6. The van der Waals surface area contributed by atoms with Gasteiger partial charge >= 0.3 is 0 Å². The van der Waals surface area contributed by atoms with Crippen molar-refractivity contribution < 1.29 is 4.79 Å². The van der Waals surface area contributed by atoms with Gasteiger partial charge in [-0.1, -0.05) is 55.8 Å². The number of allylic oxidation sites excluding steroid dienone is 2. The van der Waals surface area contributed by atoms with E-state index in [4.69, 9.17) is 0 Å². The lowest BCUT2D eigenvalue weighted by atomic mass is 10.1. The molecule has 1 aromatic carbocycles. The van der Waals surface area contributed by atoms with Crippen molar-refractivity contribution in [2.75, 3.05) is 0 Å². The molecule has 2 N–H and O–H groups in total. The summed E-state index contributed by atoms with van der Waals surface area (Å²) in [5.74, 6) is 1.75. The van der Waals surface area contributed by atoms with E-state index in [2.05, 4.69) is 54.3 Å². The number of carbonyl (C=O) groups is 1. The molecule has 24 heavy (non-hydrogen) atoms. The van der Waals surface area contributed by atoms with Crippen molar-refractivity contribution in [2.24, 2.45) is 17.3 Å². The lowest BCUT2D eigenvalue weighted by molar-refractivity contribution is -0.123. The first kappa shape index (κ1) is 16.4. The smallest absolute Gasteiger partial charge is 0.224 e. The number of amides is 1. The van der Waals surface area contributed by atoms with Crippen LogP contribution in [0.25, 0.3) is 11.4 Å². The van der Waals surface area contributed by atoms with Gasteiger partial charge in [0.1, 0.15) is 5.82 Å². The number of benzene rings is 1. The maximum atomic E-state index is 12.5. The van der Waals surface area contributed by atoms with E-state index < -0.39 is 0 Å². The van der Waals surface area contributed by atoms with Crippen LogP contribution in [0.4, 0.5) is 0 Å². The molecule has 126 valence electrons. The monoisotopic (exact) mass is 324 g/mol. The minimum absolute atomic E-state index is 0.0258. The van der Waals surface area contributed by atoms with E-state index in [0.29, 0.717) is 24.1 Å². The molecule has 1 heterocycles. The van der Waals surface area contributed by atoms with Crippen LogP contribution in [0.1, 0.15) is 33.5 Å². The number of aromatic nitrogens is 3. The second-order valence-electron chi connectivity index (χ2n) is 7.26. The molecule has 1 fully saturated rings. The van der Waals surface area contributed by atoms with Crippen LogP contribution in [0, 0.1) is 17.3 Å². The van der Waals surface area contributed by atoms with E-state index in [0.717, 1.165) is 5.56 Å². The molecule has 1 aliphatic rings. The molecule has 2 atom stereocenters. The summed E-state index contributed by atoms with van der Waals surface area (Å²) in [6.45, 7) is 8.80. The Morgan fingerprint density at radius 3 is 2.67 bits per heavy atom. The summed E-state index contributed by atoms with van der Waals surface area (Å²) < 4.78 is 0. The predicted molar refractivity (Wildman–Crippen MR) is 93.9 cm³/mol. The summed E-state index contributed by atoms with van der Waals surface area (Å²) in [5.41, 5.74) is 2.24. The van der Waals surface area contributed by atoms with Gasteiger partial charge in [0, 0.05) is 5.56 Å². The highest BCUT2D eigenvalue weighted by atomic mass is 16.2. The van der Waals surface area contributed by atoms with Gasteiger partial charge in [0.25, 0.3) is 0 Å². The SMILES string of the molecule is CC(C)=C[C@@H]1[C@H](C(=O)NCc2nc(-c3ccccc3)n[nH]2)C1(C)C. The Labute approximate surface area is 142 Å². The fourth-order valence-electron chi connectivity index (χ4n) is 3.22. The van der Waals surface area contributed by atoms with Crippen molar-refractivity contribution in [1.82, 2.24) is 20.5 Å². The molecule has 3 rings (SSSR count). The van der Waals surface area contributed by atoms with Crippen molar-refractivity contribution in [2.45, 2.75) is 34.2 Å². The molecular formula is C19H24N4O. The van der Waals surface area contributed by atoms with E-state index in [1.54, 1.807) is 0 Å². The Bertz CT molecular complexity index is 757. The highest BCUT2D eigenvalue weighted by molar-refractivity contribution is 5.83. The topological polar surface area (TPSA) is 70.7 Å². The zero-order chi connectivity index (χ0) is 17.3. The molecule has 1 aliphatic carbocycles. The summed E-state index contributed by atoms with van der Waals surface area (Å²) in [4.78, 5) is 16.9. The van der Waals surface area contributed by atoms with Gasteiger partial charge in [0.2, 0.25) is 5.91 Å². The quantitative estimate of drug-likeness (QED) is 0.829. The third kappa shape index (κ3) is 3.25. The summed E-state index contributed by atoms with van der Waals surface area (Å²) in [6, 6.07) is 9.78. The molecule has 5 heteroatoms. The van der Waals surface area contributed by atoms with Crippen LogP contribution in [0.3, 0.4) is 0 Å². The van der Waals surface area contributed by atoms with Crippen molar-refractivity contribution in [3.8, 4) is 11.4 Å². The van der Waals surface area contributed by atoms with Crippen molar-refractivity contribution in [3.05, 3.63) is 47.8 Å². The van der Waals surface area contributed by atoms with E-state index in [1.807, 2.05) is 30.3 Å². The second-order valence-corrected chi connectivity index (χ2v) is 7.26. The van der Waals surface area contributed by atoms with E-state index >= 15 is 0 Å². The normalized spacial score (nSPS) is 21.2. The molecule has 0 saturated heterocycles. The lowest BCUT2D eigenvalue weighted by Crippen LogP contribution is -2.26. The molecule has 1 amide bonds. The van der Waals surface area contributed by atoms with Gasteiger partial charge in [0.05, 0.1) is 12.5 Å². The van der Waals surface area contributed by atoms with Crippen LogP contribution >= 0.6 is 0 Å². The van der Waals surface area contributed by atoms with Crippen LogP contribution in [-0.4, -0.2) is 21.1 Å². The number of nitrogens with one attached hydrogen (secondary N) is 2. The summed E-state index contributed by atoms with van der Waals surface area (Å²) >= 11 is 0. The Morgan fingerprint density at radius 2 is 2.00 bits per heavy atom. The maximum absolute atomic E-state index is 12.5. The molecule has 5 nitrogen and oxygen atoms in total. The average Bonchev–Trinajstić information content (AvgIpc) is 2.90. The molecule has 0 radical (unpaired) electrons. The summed E-state index contributed by atoms with van der Waals surface area (Å²) in [7, 11) is 0. The van der Waals surface area contributed by atoms with Crippen LogP contribution < -0.4 is 5.32 Å². The fourth-order valence-corrected chi connectivity index (χ4v) is 3.22. The minimum atomic E-state index is 0.0258. The number of nitrogens with zero attached hydrogens (tertiary/aromatic N) is 2. The molecule has 0 spiro atoms. The number of hydrogen-bond acceptors (Lipinski definition) is 3. The van der Waals surface area contributed by atoms with Crippen LogP contribution in [-0.2, 0) is 11.3 Å². The third-order valence-electron chi connectivity index (χ3n) is 4.70. The standard InChI is InChI=1S/C19H24N4O/c1-12(2)10-14-16(19(14,3)4)18(24)20-11-15-21-17(23-22-15)13-8-6-5-7-9-13/h5-10,14,16H,11H2,1-4H3,(H,20,24)(H,21,22,23)/t14-,16-/m1/s1. The molecule has 2 aromatic rings. The number of hydrogen-bond donors (Lipinski definition) is 2. The minimum Gasteiger partial charge on any atom is -0.349 e. The van der Waals surface area contributed by atoms with E-state index in [9.17, 15) is 4.79 Å². The van der Waals surface area contributed by atoms with Gasteiger partial charge in [0.15, 0.2) is 5.82 Å². The fraction of sp³-hybridized carbons (Fsp3) is 0.421. The number of carbonyl (C=O) groups excluding carboxylic acids is 1. The summed E-state index contributed by atoms with van der Waals surface area (Å²) in [5, 5.41) is 10.1. The molecular weight excluding hydrogens is 300 g/mol. The van der Waals surface area contributed by atoms with Crippen molar-refractivity contribution in [3.63, 3.8) is 0 Å². The van der Waals surface area contributed by atoms with E-state index in [-0.39, 0.29) is 17.2 Å². The highest BCUT2D eigenvalue weighted by Crippen LogP contribution is 2.59. The van der Waals surface area contributed by atoms with Crippen molar-refractivity contribution >= 4 is 5.91 Å². The first-order valence-corrected chi connectivity index (χ1v) is 8.29. The molecule has 1 saturated carbocycles. The van der Waals surface area contributed by atoms with Crippen LogP contribution in [0.15, 0.2) is 42.0 Å². The number of aromatic amines is 1. The number of H-pyrrole nitrogens is 1. The summed E-state index contributed by atoms with van der Waals surface area (Å²) in [6.07, 6.45) is 2.20. The van der Waals surface area contributed by atoms with Gasteiger partial charge in [-0.05, 0) is 25.2 Å². The van der Waals surface area contributed by atoms with Crippen LogP contribution in [0.5, 0.6) is 0 Å². The van der Waals surface area contributed by atoms with Gasteiger partial charge in [-0.2, -0.15) is 5.10 Å². The predicted octanol–water partition coefficient (Wildman–Crippen LogP) is 3.33. The first-order chi connectivity index (χ1) is 11.4. The second kappa shape index (κ2) is 6.23. The Balaban J connectivity index is 1.60. The van der Waals surface area contributed by atoms with Crippen LogP contribution in [0.2, 0.25) is 0 Å². The molecule has 1 aromatic heterocycles. The number of rotatable bonds is 5. The van der Waals surface area contributed by atoms with Gasteiger partial charge in [-0.15, -0.1) is 0 Å². The highest BCUT2D eigenvalue weighted by Gasteiger charge is 2.60. The Hall–Kier alpha value is -2.43. The molecule has 0 unspecified atom stereocenters. The molecule has 0 bridgehead atoms. The zero-order valence-corrected chi connectivity index (χ0v) is 14.6. The maximum Gasteiger partial charge on any atom is 0.224 e. The Kier molecular flexibility index (Phi) is 4.26. The lowest BCUT2D eigenvalue weighted by Gasteiger charge is -2.03. The first-order valence-electron chi connectivity index (χ1n) is 8.29. The Morgan fingerprint density at radius 1 is 1.29 bits per heavy atom.